The zero-order valence-electron chi connectivity index (χ0n) is 21.3. The highest BCUT2D eigenvalue weighted by atomic mass is 16.6. The number of carbonyl (C=O) groups is 2. The second-order valence-electron chi connectivity index (χ2n) is 9.65. The van der Waals surface area contributed by atoms with Crippen molar-refractivity contribution in [3.63, 3.8) is 0 Å². The van der Waals surface area contributed by atoms with Crippen molar-refractivity contribution in [2.75, 3.05) is 19.8 Å². The van der Waals surface area contributed by atoms with Gasteiger partial charge < -0.3 is 25.1 Å². The fraction of sp³-hybridized carbons (Fsp3) is 0.407. The molecule has 0 radical (unpaired) electrons. The summed E-state index contributed by atoms with van der Waals surface area (Å²) < 4.78 is 13.3. The van der Waals surface area contributed by atoms with Gasteiger partial charge in [0.2, 0.25) is 5.91 Å². The summed E-state index contributed by atoms with van der Waals surface area (Å²) in [5, 5.41) is 11.6. The highest BCUT2D eigenvalue weighted by Gasteiger charge is 2.31. The minimum Gasteiger partial charge on any atom is -0.449 e. The van der Waals surface area contributed by atoms with Crippen LogP contribution in [0.5, 0.6) is 0 Å². The van der Waals surface area contributed by atoms with E-state index in [1.54, 1.807) is 18.7 Å². The van der Waals surface area contributed by atoms with E-state index in [-0.39, 0.29) is 25.2 Å². The minimum atomic E-state index is -1.07. The van der Waals surface area contributed by atoms with Gasteiger partial charge in [-0.25, -0.2) is 4.79 Å². The lowest BCUT2D eigenvalue weighted by Crippen LogP contribution is -2.51. The molecule has 0 aliphatic carbocycles. The smallest absolute Gasteiger partial charge is 0.410 e. The van der Waals surface area contributed by atoms with E-state index >= 15 is 0 Å². The number of nitrogens with zero attached hydrogens (tertiary/aromatic N) is 4. The first-order valence-electron chi connectivity index (χ1n) is 12.4. The van der Waals surface area contributed by atoms with Gasteiger partial charge in [-0.2, -0.15) is 0 Å². The molecule has 0 unspecified atom stereocenters. The molecule has 37 heavy (non-hydrogen) atoms. The van der Waals surface area contributed by atoms with Crippen molar-refractivity contribution in [3.8, 4) is 0 Å². The Kier molecular flexibility index (Phi) is 8.52. The molecule has 2 heterocycles. The number of nitrogens with two attached hydrogens (primary N) is 1. The molecule has 1 aromatic heterocycles. The van der Waals surface area contributed by atoms with Gasteiger partial charge in [0.1, 0.15) is 6.04 Å². The van der Waals surface area contributed by atoms with Crippen LogP contribution in [0, 0.1) is 0 Å². The molecule has 0 bridgehead atoms. The number of hydrogen-bond donors (Lipinski definition) is 2. The van der Waals surface area contributed by atoms with Crippen molar-refractivity contribution in [1.82, 2.24) is 25.0 Å². The number of fused-ring (bicyclic) bond motifs is 1. The highest BCUT2D eigenvalue weighted by molar-refractivity contribution is 5.85. The second kappa shape index (κ2) is 12.0. The van der Waals surface area contributed by atoms with E-state index in [0.29, 0.717) is 44.4 Å². The van der Waals surface area contributed by atoms with Crippen LogP contribution >= 0.6 is 0 Å². The fourth-order valence-electron chi connectivity index (χ4n) is 3.98. The number of aromatic nitrogens is 3. The number of hydrogen-bond acceptors (Lipinski definition) is 7. The van der Waals surface area contributed by atoms with E-state index in [1.807, 2.05) is 65.2 Å². The molecule has 1 aliphatic rings. The Morgan fingerprint density at radius 3 is 2.38 bits per heavy atom. The average molecular weight is 507 g/mol. The van der Waals surface area contributed by atoms with Gasteiger partial charge in [0.25, 0.3) is 0 Å². The normalized spacial score (nSPS) is 14.1. The number of carbonyl (C=O) groups excluding carboxylic acids is 2. The quantitative estimate of drug-likeness (QED) is 0.433. The van der Waals surface area contributed by atoms with Gasteiger partial charge in [-0.05, 0) is 25.0 Å². The summed E-state index contributed by atoms with van der Waals surface area (Å²) >= 11 is 0. The molecule has 4 rings (SSSR count). The summed E-state index contributed by atoms with van der Waals surface area (Å²) in [6, 6.07) is 19.1. The fourth-order valence-corrected chi connectivity index (χ4v) is 3.98. The molecule has 3 aromatic rings. The molecule has 0 fully saturated rings. The van der Waals surface area contributed by atoms with Crippen molar-refractivity contribution in [2.45, 2.75) is 51.5 Å². The van der Waals surface area contributed by atoms with Gasteiger partial charge in [0, 0.05) is 19.5 Å². The summed E-state index contributed by atoms with van der Waals surface area (Å²) in [4.78, 5) is 26.9. The lowest BCUT2D eigenvalue weighted by molar-refractivity contribution is -0.126. The van der Waals surface area contributed by atoms with Crippen molar-refractivity contribution in [1.29, 1.82) is 0 Å². The number of rotatable bonds is 10. The molecule has 2 amide bonds. The third-order valence-corrected chi connectivity index (χ3v) is 6.10. The average Bonchev–Trinajstić information content (AvgIpc) is 3.32. The van der Waals surface area contributed by atoms with Crippen molar-refractivity contribution >= 4 is 12.0 Å². The van der Waals surface area contributed by atoms with Crippen LogP contribution in [0.25, 0.3) is 0 Å². The summed E-state index contributed by atoms with van der Waals surface area (Å²) in [7, 11) is 0. The maximum absolute atomic E-state index is 12.7. The van der Waals surface area contributed by atoms with Crippen LogP contribution in [-0.2, 0) is 40.4 Å². The lowest BCUT2D eigenvalue weighted by Gasteiger charge is -2.29. The van der Waals surface area contributed by atoms with Gasteiger partial charge in [-0.3, -0.25) is 9.69 Å². The Bertz CT molecular complexity index is 1180. The van der Waals surface area contributed by atoms with E-state index in [0.717, 1.165) is 11.1 Å². The summed E-state index contributed by atoms with van der Waals surface area (Å²) in [5.41, 5.74) is 7.08. The van der Waals surface area contributed by atoms with Crippen LogP contribution in [0.3, 0.4) is 0 Å². The number of benzene rings is 2. The van der Waals surface area contributed by atoms with Crippen LogP contribution in [0.1, 0.15) is 42.7 Å². The van der Waals surface area contributed by atoms with E-state index in [2.05, 4.69) is 15.5 Å². The molecule has 196 valence electrons. The predicted molar refractivity (Wildman–Crippen MR) is 137 cm³/mol. The molecular weight excluding hydrogens is 472 g/mol. The van der Waals surface area contributed by atoms with Crippen molar-refractivity contribution in [2.24, 2.45) is 5.73 Å². The molecule has 2 aromatic carbocycles. The molecule has 0 spiro atoms. The Morgan fingerprint density at radius 1 is 1.03 bits per heavy atom. The van der Waals surface area contributed by atoms with Crippen molar-refractivity contribution < 1.29 is 19.1 Å². The third kappa shape index (κ3) is 7.14. The first-order chi connectivity index (χ1) is 17.8. The molecule has 10 nitrogen and oxygen atoms in total. The van der Waals surface area contributed by atoms with Gasteiger partial charge in [0.05, 0.1) is 31.9 Å². The Balaban J connectivity index is 1.39. The number of amides is 2. The summed E-state index contributed by atoms with van der Waals surface area (Å²) in [6.07, 6.45) is 0.274. The molecule has 10 heteroatoms. The van der Waals surface area contributed by atoms with Gasteiger partial charge >= 0.3 is 6.09 Å². The highest BCUT2D eigenvalue weighted by Crippen LogP contribution is 2.20. The predicted octanol–water partition coefficient (Wildman–Crippen LogP) is 2.58. The van der Waals surface area contributed by atoms with E-state index in [4.69, 9.17) is 15.2 Å². The Morgan fingerprint density at radius 2 is 1.70 bits per heavy atom. The van der Waals surface area contributed by atoms with Gasteiger partial charge in [-0.15, -0.1) is 10.2 Å². The maximum Gasteiger partial charge on any atom is 0.410 e. The first kappa shape index (κ1) is 26.3. The SMILES string of the molecule is CC(C)(N)C(=O)N[C@H](COCc1ccccc1)c1nnc2n1CCN(C(=O)OCCc1ccccc1)C2. The van der Waals surface area contributed by atoms with Crippen molar-refractivity contribution in [3.05, 3.63) is 83.4 Å². The molecule has 3 N–H and O–H groups in total. The largest absolute Gasteiger partial charge is 0.449 e. The minimum absolute atomic E-state index is 0.195. The van der Waals surface area contributed by atoms with E-state index < -0.39 is 11.6 Å². The zero-order valence-corrected chi connectivity index (χ0v) is 21.3. The van der Waals surface area contributed by atoms with Crippen LogP contribution in [-0.4, -0.2) is 57.0 Å². The maximum atomic E-state index is 12.7. The molecule has 1 atom stereocenters. The van der Waals surface area contributed by atoms with Crippen LogP contribution < -0.4 is 11.1 Å². The third-order valence-electron chi connectivity index (χ3n) is 6.10. The zero-order chi connectivity index (χ0) is 26.3. The standard InChI is InChI=1S/C27H34N6O4/c1-27(2,28)25(34)29-22(19-36-18-21-11-7-4-8-12-21)24-31-30-23-17-32(14-15-33(23)24)26(35)37-16-13-20-9-5-3-6-10-20/h3-12,22H,13-19,28H2,1-2H3,(H,29,34)/t22-/m1/s1. The second-order valence-corrected chi connectivity index (χ2v) is 9.65. The lowest BCUT2D eigenvalue weighted by atomic mass is 10.1. The van der Waals surface area contributed by atoms with Gasteiger partial charge in [-0.1, -0.05) is 60.7 Å². The van der Waals surface area contributed by atoms with E-state index in [9.17, 15) is 9.59 Å². The topological polar surface area (TPSA) is 125 Å². The molecular formula is C27H34N6O4. The molecule has 1 aliphatic heterocycles. The Labute approximate surface area is 216 Å². The molecule has 0 saturated heterocycles. The Hall–Kier alpha value is -3.76. The van der Waals surface area contributed by atoms with Crippen LogP contribution in [0.15, 0.2) is 60.7 Å². The monoisotopic (exact) mass is 506 g/mol. The van der Waals surface area contributed by atoms with E-state index in [1.165, 1.54) is 0 Å². The summed E-state index contributed by atoms with van der Waals surface area (Å²) in [5.74, 6) is 0.867. The molecule has 0 saturated carbocycles. The number of ether oxygens (including phenoxy) is 2. The van der Waals surface area contributed by atoms with Gasteiger partial charge in [0.15, 0.2) is 11.6 Å². The van der Waals surface area contributed by atoms with Crippen LogP contribution in [0.2, 0.25) is 0 Å². The first-order valence-corrected chi connectivity index (χ1v) is 12.4. The van der Waals surface area contributed by atoms with Crippen LogP contribution in [0.4, 0.5) is 4.79 Å². The summed E-state index contributed by atoms with van der Waals surface area (Å²) in [6.45, 7) is 5.36. The number of nitrogens with one attached hydrogen (secondary N) is 1.